The molecule has 1 N–H and O–H groups in total. The molecule has 1 fully saturated rings. The van der Waals surface area contributed by atoms with Crippen LogP contribution < -0.4 is 5.32 Å². The van der Waals surface area contributed by atoms with Crippen LogP contribution in [0.4, 0.5) is 0 Å². The van der Waals surface area contributed by atoms with Gasteiger partial charge in [-0.3, -0.25) is 9.59 Å². The first-order valence-corrected chi connectivity index (χ1v) is 13.0. The van der Waals surface area contributed by atoms with Crippen molar-refractivity contribution < 1.29 is 9.59 Å². The number of rotatable bonds is 10. The van der Waals surface area contributed by atoms with E-state index in [1.807, 2.05) is 56.3 Å². The van der Waals surface area contributed by atoms with Crippen molar-refractivity contribution in [3.8, 4) is 0 Å². The number of thioether (sulfide) groups is 1. The number of nitrogens with zero attached hydrogens (tertiary/aromatic N) is 1. The molecule has 3 rings (SSSR count). The van der Waals surface area contributed by atoms with E-state index in [4.69, 9.17) is 11.6 Å². The number of carbonyl (C=O) groups is 2. The van der Waals surface area contributed by atoms with Crippen molar-refractivity contribution in [1.82, 2.24) is 10.2 Å². The van der Waals surface area contributed by atoms with E-state index in [0.29, 0.717) is 23.7 Å². The highest BCUT2D eigenvalue weighted by molar-refractivity contribution is 7.99. The molecule has 0 radical (unpaired) electrons. The summed E-state index contributed by atoms with van der Waals surface area (Å²) < 4.78 is 0. The van der Waals surface area contributed by atoms with Gasteiger partial charge in [-0.05, 0) is 49.4 Å². The van der Waals surface area contributed by atoms with Crippen molar-refractivity contribution in [2.75, 3.05) is 5.75 Å². The molecule has 0 unspecified atom stereocenters. The van der Waals surface area contributed by atoms with Crippen LogP contribution in [0.2, 0.25) is 5.02 Å². The van der Waals surface area contributed by atoms with Gasteiger partial charge >= 0.3 is 0 Å². The second-order valence-corrected chi connectivity index (χ2v) is 9.97. The Bertz CT molecular complexity index is 897. The van der Waals surface area contributed by atoms with Crippen LogP contribution in [0.15, 0.2) is 48.5 Å². The Morgan fingerprint density at radius 3 is 2.50 bits per heavy atom. The van der Waals surface area contributed by atoms with Gasteiger partial charge in [0, 0.05) is 23.4 Å². The Kier molecular flexibility index (Phi) is 9.49. The lowest BCUT2D eigenvalue weighted by atomic mass is 10.1. The van der Waals surface area contributed by atoms with Gasteiger partial charge < -0.3 is 10.2 Å². The van der Waals surface area contributed by atoms with E-state index in [1.54, 1.807) is 16.7 Å². The molecule has 2 aromatic rings. The van der Waals surface area contributed by atoms with Gasteiger partial charge in [-0.2, -0.15) is 0 Å². The summed E-state index contributed by atoms with van der Waals surface area (Å²) >= 11 is 7.53. The molecule has 0 aliphatic heterocycles. The molecule has 32 heavy (non-hydrogen) atoms. The average Bonchev–Trinajstić information content (AvgIpc) is 3.28. The zero-order valence-corrected chi connectivity index (χ0v) is 20.6. The van der Waals surface area contributed by atoms with E-state index >= 15 is 0 Å². The zero-order chi connectivity index (χ0) is 22.9. The Hall–Kier alpha value is -1.98. The van der Waals surface area contributed by atoms with Gasteiger partial charge in [0.25, 0.3) is 0 Å². The van der Waals surface area contributed by atoms with Gasteiger partial charge in [0.1, 0.15) is 6.04 Å². The summed E-state index contributed by atoms with van der Waals surface area (Å²) in [5.74, 6) is 1.04. The number of carbonyl (C=O) groups excluding carboxylic acids is 2. The van der Waals surface area contributed by atoms with E-state index in [9.17, 15) is 9.59 Å². The number of aryl methyl sites for hydroxylation is 1. The van der Waals surface area contributed by atoms with Gasteiger partial charge in [-0.1, -0.05) is 73.3 Å². The maximum absolute atomic E-state index is 13.3. The Morgan fingerprint density at radius 2 is 1.84 bits per heavy atom. The third-order valence-electron chi connectivity index (χ3n) is 5.93. The largest absolute Gasteiger partial charge is 0.352 e. The van der Waals surface area contributed by atoms with E-state index in [0.717, 1.165) is 48.1 Å². The number of benzene rings is 2. The lowest BCUT2D eigenvalue weighted by molar-refractivity contribution is -0.139. The van der Waals surface area contributed by atoms with Gasteiger partial charge in [-0.25, -0.2) is 0 Å². The molecule has 0 heterocycles. The molecule has 4 nitrogen and oxygen atoms in total. The first kappa shape index (κ1) is 24.7. The van der Waals surface area contributed by atoms with Gasteiger partial charge in [-0.15, -0.1) is 11.8 Å². The highest BCUT2D eigenvalue weighted by atomic mass is 35.5. The molecular formula is C26H33ClN2O2S. The summed E-state index contributed by atoms with van der Waals surface area (Å²) in [6.45, 7) is 4.47. The highest BCUT2D eigenvalue weighted by Gasteiger charge is 2.30. The topological polar surface area (TPSA) is 49.4 Å². The first-order valence-electron chi connectivity index (χ1n) is 11.4. The molecule has 0 bridgehead atoms. The molecule has 1 atom stereocenters. The minimum atomic E-state index is -0.459. The van der Waals surface area contributed by atoms with E-state index in [1.165, 1.54) is 0 Å². The second kappa shape index (κ2) is 12.3. The molecule has 6 heteroatoms. The summed E-state index contributed by atoms with van der Waals surface area (Å²) in [7, 11) is 0. The van der Waals surface area contributed by atoms with Crippen molar-refractivity contribution in [2.24, 2.45) is 0 Å². The molecule has 0 aromatic heterocycles. The standard InChI is InChI=1S/C26H33ClN2O2S/c1-3-24(26(31)28-23-9-4-5-10-23)29(16-21-8-6-7-19(2)15-21)25(30)18-32-17-20-11-13-22(27)14-12-20/h6-8,11-15,23-24H,3-5,9-10,16-18H2,1-2H3,(H,28,31)/t24-/m1/s1. The van der Waals surface area contributed by atoms with Crippen LogP contribution in [0, 0.1) is 6.92 Å². The number of hydrogen-bond acceptors (Lipinski definition) is 3. The van der Waals surface area contributed by atoms with Gasteiger partial charge in [0.2, 0.25) is 11.8 Å². The van der Waals surface area contributed by atoms with Crippen molar-refractivity contribution in [3.63, 3.8) is 0 Å². The SMILES string of the molecule is CC[C@H](C(=O)NC1CCCC1)N(Cc1cccc(C)c1)C(=O)CSCc1ccc(Cl)cc1. The Balaban J connectivity index is 1.69. The minimum Gasteiger partial charge on any atom is -0.352 e. The monoisotopic (exact) mass is 472 g/mol. The first-order chi connectivity index (χ1) is 15.5. The third kappa shape index (κ3) is 7.28. The number of nitrogens with one attached hydrogen (secondary N) is 1. The van der Waals surface area contributed by atoms with E-state index < -0.39 is 6.04 Å². The van der Waals surface area contributed by atoms with Crippen LogP contribution in [0.1, 0.15) is 55.7 Å². The van der Waals surface area contributed by atoms with E-state index in [-0.39, 0.29) is 17.9 Å². The van der Waals surface area contributed by atoms with Crippen molar-refractivity contribution in [1.29, 1.82) is 0 Å². The van der Waals surface area contributed by atoms with E-state index in [2.05, 4.69) is 11.4 Å². The molecule has 1 aliphatic rings. The number of hydrogen-bond donors (Lipinski definition) is 1. The quantitative estimate of drug-likeness (QED) is 0.479. The highest BCUT2D eigenvalue weighted by Crippen LogP contribution is 2.21. The summed E-state index contributed by atoms with van der Waals surface area (Å²) in [5.41, 5.74) is 3.33. The van der Waals surface area contributed by atoms with Crippen molar-refractivity contribution >= 4 is 35.2 Å². The molecule has 0 spiro atoms. The Morgan fingerprint density at radius 1 is 1.12 bits per heavy atom. The molecule has 1 saturated carbocycles. The minimum absolute atomic E-state index is 0.00103. The Labute approximate surface area is 201 Å². The molecule has 0 saturated heterocycles. The molecular weight excluding hydrogens is 440 g/mol. The fraction of sp³-hybridized carbons (Fsp3) is 0.462. The fourth-order valence-electron chi connectivity index (χ4n) is 4.21. The average molecular weight is 473 g/mol. The molecule has 2 aromatic carbocycles. The molecule has 172 valence electrons. The predicted octanol–water partition coefficient (Wildman–Crippen LogP) is 5.75. The third-order valence-corrected chi connectivity index (χ3v) is 7.17. The number of amides is 2. The lowest BCUT2D eigenvalue weighted by Gasteiger charge is -2.31. The van der Waals surface area contributed by atoms with Crippen LogP contribution in [-0.2, 0) is 21.9 Å². The fourth-order valence-corrected chi connectivity index (χ4v) is 5.21. The molecule has 2 amide bonds. The second-order valence-electron chi connectivity index (χ2n) is 8.54. The van der Waals surface area contributed by atoms with Crippen LogP contribution in [0.5, 0.6) is 0 Å². The van der Waals surface area contributed by atoms with Crippen molar-refractivity contribution in [3.05, 3.63) is 70.2 Å². The lowest BCUT2D eigenvalue weighted by Crippen LogP contribution is -2.51. The van der Waals surface area contributed by atoms with Crippen molar-refractivity contribution in [2.45, 2.75) is 70.3 Å². The molecule has 1 aliphatic carbocycles. The normalized spacial score (nSPS) is 14.8. The number of halogens is 1. The summed E-state index contributed by atoms with van der Waals surface area (Å²) in [4.78, 5) is 28.2. The van der Waals surface area contributed by atoms with Crippen LogP contribution >= 0.6 is 23.4 Å². The summed E-state index contributed by atoms with van der Waals surface area (Å²) in [5, 5.41) is 3.90. The van der Waals surface area contributed by atoms with Gasteiger partial charge in [0.05, 0.1) is 5.75 Å². The van der Waals surface area contributed by atoms with Gasteiger partial charge in [0.15, 0.2) is 0 Å². The summed E-state index contributed by atoms with van der Waals surface area (Å²) in [6, 6.07) is 15.6. The smallest absolute Gasteiger partial charge is 0.243 e. The van der Waals surface area contributed by atoms with Crippen LogP contribution in [-0.4, -0.2) is 34.6 Å². The zero-order valence-electron chi connectivity index (χ0n) is 19.0. The van der Waals surface area contributed by atoms with Crippen LogP contribution in [0.25, 0.3) is 0 Å². The maximum atomic E-state index is 13.3. The summed E-state index contributed by atoms with van der Waals surface area (Å²) in [6.07, 6.45) is 4.98. The van der Waals surface area contributed by atoms with Crippen LogP contribution in [0.3, 0.4) is 0 Å². The predicted molar refractivity (Wildman–Crippen MR) is 134 cm³/mol. The maximum Gasteiger partial charge on any atom is 0.243 e.